The van der Waals surface area contributed by atoms with Crippen LogP contribution in [0, 0.1) is 13.8 Å². The molecule has 1 atom stereocenters. The van der Waals surface area contributed by atoms with Gasteiger partial charge in [-0.3, -0.25) is 4.79 Å². The van der Waals surface area contributed by atoms with Gasteiger partial charge in [0, 0.05) is 15.9 Å². The van der Waals surface area contributed by atoms with E-state index in [1.807, 2.05) is 19.9 Å². The fourth-order valence-corrected chi connectivity index (χ4v) is 3.19. The van der Waals surface area contributed by atoms with Crippen molar-refractivity contribution in [3.05, 3.63) is 45.7 Å². The summed E-state index contributed by atoms with van der Waals surface area (Å²) in [4.78, 5) is 21.1. The normalized spacial score (nSPS) is 12.2. The molecule has 1 unspecified atom stereocenters. The predicted molar refractivity (Wildman–Crippen MR) is 87.0 cm³/mol. The van der Waals surface area contributed by atoms with Crippen LogP contribution in [0.25, 0.3) is 0 Å². The number of aromatic nitrogens is 2. The van der Waals surface area contributed by atoms with E-state index in [1.54, 1.807) is 19.1 Å². The number of rotatable bonds is 4. The van der Waals surface area contributed by atoms with Crippen molar-refractivity contribution in [3.8, 4) is 5.75 Å². The fraction of sp³-hybridized carbons (Fsp3) is 0.267. The number of phenols is 1. The molecule has 1 aromatic carbocycles. The van der Waals surface area contributed by atoms with Crippen molar-refractivity contribution in [1.29, 1.82) is 0 Å². The number of benzene rings is 1. The predicted octanol–water partition coefficient (Wildman–Crippen LogP) is 3.93. The van der Waals surface area contributed by atoms with Crippen LogP contribution in [0.2, 0.25) is 0 Å². The second kappa shape index (κ2) is 6.58. The van der Waals surface area contributed by atoms with Gasteiger partial charge in [-0.15, -0.1) is 0 Å². The lowest BCUT2D eigenvalue weighted by Gasteiger charge is -2.11. The van der Waals surface area contributed by atoms with Gasteiger partial charge in [-0.1, -0.05) is 27.7 Å². The smallest absolute Gasteiger partial charge is 0.188 e. The maximum atomic E-state index is 12.4. The monoisotopic (exact) mass is 366 g/mol. The van der Waals surface area contributed by atoms with E-state index >= 15 is 0 Å². The number of carbonyl (C=O) groups excluding carboxylic acids is 1. The molecule has 21 heavy (non-hydrogen) atoms. The number of ketones is 1. The Morgan fingerprint density at radius 1 is 1.24 bits per heavy atom. The molecule has 0 saturated carbocycles. The number of thioether (sulfide) groups is 1. The molecular weight excluding hydrogens is 352 g/mol. The summed E-state index contributed by atoms with van der Waals surface area (Å²) in [6, 6.07) is 6.70. The Kier molecular flexibility index (Phi) is 5.00. The number of hydrogen-bond donors (Lipinski definition) is 1. The Morgan fingerprint density at radius 3 is 2.48 bits per heavy atom. The molecule has 6 heteroatoms. The Balaban J connectivity index is 2.21. The Bertz CT molecular complexity index is 671. The highest BCUT2D eigenvalue weighted by Crippen LogP contribution is 2.28. The summed E-state index contributed by atoms with van der Waals surface area (Å²) in [5.74, 6) is -0.168. The van der Waals surface area contributed by atoms with Crippen LogP contribution in [0.1, 0.15) is 28.7 Å². The largest absolute Gasteiger partial charge is 0.507 e. The maximum Gasteiger partial charge on any atom is 0.188 e. The van der Waals surface area contributed by atoms with E-state index < -0.39 is 0 Å². The van der Waals surface area contributed by atoms with Gasteiger partial charge in [-0.2, -0.15) is 0 Å². The number of aryl methyl sites for hydroxylation is 2. The number of phenolic OH excluding ortho intramolecular Hbond substituents is 1. The van der Waals surface area contributed by atoms with Gasteiger partial charge in [0.05, 0.1) is 10.8 Å². The fourth-order valence-electron chi connectivity index (χ4n) is 1.88. The quantitative estimate of drug-likeness (QED) is 0.504. The van der Waals surface area contributed by atoms with Crippen LogP contribution < -0.4 is 0 Å². The minimum Gasteiger partial charge on any atom is -0.507 e. The van der Waals surface area contributed by atoms with Gasteiger partial charge in [0.2, 0.25) is 0 Å². The number of carbonyl (C=O) groups is 1. The molecule has 1 N–H and O–H groups in total. The molecular formula is C15H15BrN2O2S. The summed E-state index contributed by atoms with van der Waals surface area (Å²) >= 11 is 4.60. The lowest BCUT2D eigenvalue weighted by Crippen LogP contribution is -2.14. The summed E-state index contributed by atoms with van der Waals surface area (Å²) in [5.41, 5.74) is 2.04. The molecule has 2 aromatic rings. The van der Waals surface area contributed by atoms with Crippen LogP contribution in [0.5, 0.6) is 5.75 Å². The third-order valence-electron chi connectivity index (χ3n) is 2.84. The van der Waals surface area contributed by atoms with Gasteiger partial charge in [0.25, 0.3) is 0 Å². The first-order chi connectivity index (χ1) is 9.86. The average Bonchev–Trinajstić information content (AvgIpc) is 2.39. The van der Waals surface area contributed by atoms with Crippen LogP contribution in [0.15, 0.2) is 33.9 Å². The number of halogens is 1. The summed E-state index contributed by atoms with van der Waals surface area (Å²) < 4.78 is 0.753. The van der Waals surface area contributed by atoms with Gasteiger partial charge in [-0.05, 0) is 45.0 Å². The van der Waals surface area contributed by atoms with Crippen molar-refractivity contribution in [2.75, 3.05) is 0 Å². The Morgan fingerprint density at radius 2 is 1.86 bits per heavy atom. The van der Waals surface area contributed by atoms with E-state index in [4.69, 9.17) is 0 Å². The van der Waals surface area contributed by atoms with Crippen LogP contribution in [-0.2, 0) is 0 Å². The summed E-state index contributed by atoms with van der Waals surface area (Å²) in [5, 5.41) is 10.0. The zero-order chi connectivity index (χ0) is 15.6. The lowest BCUT2D eigenvalue weighted by molar-refractivity contribution is 0.0991. The van der Waals surface area contributed by atoms with E-state index in [9.17, 15) is 9.90 Å². The minimum absolute atomic E-state index is 0.0167. The third-order valence-corrected chi connectivity index (χ3v) is 4.29. The van der Waals surface area contributed by atoms with Crippen molar-refractivity contribution in [3.63, 3.8) is 0 Å². The number of Topliss-reactive ketones (excluding diaryl/α,β-unsaturated/α-hetero) is 1. The molecule has 0 aliphatic heterocycles. The van der Waals surface area contributed by atoms with E-state index in [0.717, 1.165) is 15.9 Å². The molecule has 2 rings (SSSR count). The topological polar surface area (TPSA) is 63.1 Å². The van der Waals surface area contributed by atoms with E-state index in [1.165, 1.54) is 17.8 Å². The standard InChI is InChI=1S/C15H15BrN2O2S/c1-8-6-9(2)18-15(17-8)21-10(3)14(20)12-7-11(16)4-5-13(12)19/h4-7,10,19H,1-3H3. The van der Waals surface area contributed by atoms with E-state index in [2.05, 4.69) is 25.9 Å². The summed E-state index contributed by atoms with van der Waals surface area (Å²) in [6.45, 7) is 5.57. The molecule has 0 fully saturated rings. The maximum absolute atomic E-state index is 12.4. The first-order valence-corrected chi connectivity index (χ1v) is 8.06. The summed E-state index contributed by atoms with van der Waals surface area (Å²) in [7, 11) is 0. The van der Waals surface area contributed by atoms with Crippen molar-refractivity contribution in [2.45, 2.75) is 31.2 Å². The zero-order valence-electron chi connectivity index (χ0n) is 11.9. The number of aromatic hydroxyl groups is 1. The molecule has 1 heterocycles. The van der Waals surface area contributed by atoms with Crippen molar-refractivity contribution >= 4 is 33.5 Å². The van der Waals surface area contributed by atoms with E-state index in [-0.39, 0.29) is 16.8 Å². The Hall–Kier alpha value is -1.40. The highest BCUT2D eigenvalue weighted by molar-refractivity contribution is 9.10. The Labute approximate surface area is 136 Å². The first kappa shape index (κ1) is 16.0. The first-order valence-electron chi connectivity index (χ1n) is 6.38. The highest BCUT2D eigenvalue weighted by Gasteiger charge is 2.21. The molecule has 110 valence electrons. The van der Waals surface area contributed by atoms with Gasteiger partial charge in [0.1, 0.15) is 5.75 Å². The van der Waals surface area contributed by atoms with Crippen molar-refractivity contribution in [1.82, 2.24) is 9.97 Å². The second-order valence-corrected chi connectivity index (χ2v) is 6.94. The molecule has 0 saturated heterocycles. The number of hydrogen-bond acceptors (Lipinski definition) is 5. The average molecular weight is 367 g/mol. The minimum atomic E-state index is -0.383. The SMILES string of the molecule is Cc1cc(C)nc(SC(C)C(=O)c2cc(Br)ccc2O)n1. The molecule has 0 aliphatic carbocycles. The van der Waals surface area contributed by atoms with Gasteiger partial charge in [-0.25, -0.2) is 9.97 Å². The molecule has 0 amide bonds. The lowest BCUT2D eigenvalue weighted by atomic mass is 10.1. The van der Waals surface area contributed by atoms with Gasteiger partial charge >= 0.3 is 0 Å². The molecule has 0 spiro atoms. The van der Waals surface area contributed by atoms with Crippen LogP contribution in [0.4, 0.5) is 0 Å². The van der Waals surface area contributed by atoms with Crippen LogP contribution in [0.3, 0.4) is 0 Å². The second-order valence-electron chi connectivity index (χ2n) is 4.72. The molecule has 0 aliphatic rings. The molecule has 0 bridgehead atoms. The van der Waals surface area contributed by atoms with Crippen LogP contribution in [-0.4, -0.2) is 26.1 Å². The molecule has 4 nitrogen and oxygen atoms in total. The summed E-state index contributed by atoms with van der Waals surface area (Å²) in [6.07, 6.45) is 0. The van der Waals surface area contributed by atoms with Crippen LogP contribution >= 0.6 is 27.7 Å². The number of nitrogens with zero attached hydrogens (tertiary/aromatic N) is 2. The molecule has 0 radical (unpaired) electrons. The highest BCUT2D eigenvalue weighted by atomic mass is 79.9. The van der Waals surface area contributed by atoms with E-state index in [0.29, 0.717) is 10.7 Å². The van der Waals surface area contributed by atoms with Crippen molar-refractivity contribution in [2.24, 2.45) is 0 Å². The van der Waals surface area contributed by atoms with Gasteiger partial charge in [0.15, 0.2) is 10.9 Å². The van der Waals surface area contributed by atoms with Crippen molar-refractivity contribution < 1.29 is 9.90 Å². The zero-order valence-corrected chi connectivity index (χ0v) is 14.3. The third kappa shape index (κ3) is 4.04. The molecule has 1 aromatic heterocycles. The van der Waals surface area contributed by atoms with Gasteiger partial charge < -0.3 is 5.11 Å².